The van der Waals surface area contributed by atoms with Crippen LogP contribution in [0, 0.1) is 0 Å². The first kappa shape index (κ1) is 18.0. The molecule has 6 heteroatoms. The van der Waals surface area contributed by atoms with E-state index in [9.17, 15) is 14.4 Å². The number of hydrogen-bond donors (Lipinski definition) is 1. The summed E-state index contributed by atoms with van der Waals surface area (Å²) in [6.45, 7) is 2.82. The van der Waals surface area contributed by atoms with Gasteiger partial charge in [0, 0.05) is 26.1 Å². The molecule has 1 aromatic rings. The van der Waals surface area contributed by atoms with E-state index in [-0.39, 0.29) is 36.2 Å². The minimum absolute atomic E-state index is 0.00764. The Balaban J connectivity index is 1.51. The molecule has 2 atom stereocenters. The lowest BCUT2D eigenvalue weighted by molar-refractivity contribution is -0.141. The van der Waals surface area contributed by atoms with Crippen LogP contribution >= 0.6 is 0 Å². The smallest absolute Gasteiger partial charge is 0.243 e. The highest BCUT2D eigenvalue weighted by Gasteiger charge is 2.38. The van der Waals surface area contributed by atoms with Crippen molar-refractivity contribution in [1.29, 1.82) is 0 Å². The second kappa shape index (κ2) is 7.33. The first-order chi connectivity index (χ1) is 13.0. The zero-order chi connectivity index (χ0) is 19.0. The predicted molar refractivity (Wildman–Crippen MR) is 101 cm³/mol. The van der Waals surface area contributed by atoms with Gasteiger partial charge in [0.25, 0.3) is 0 Å². The maximum absolute atomic E-state index is 13.1. The van der Waals surface area contributed by atoms with Crippen LogP contribution < -0.4 is 5.32 Å². The van der Waals surface area contributed by atoms with E-state index in [2.05, 4.69) is 11.4 Å². The Hall–Kier alpha value is -2.37. The Bertz CT molecular complexity index is 759. The lowest BCUT2D eigenvalue weighted by Crippen LogP contribution is -2.48. The van der Waals surface area contributed by atoms with Crippen LogP contribution in [0.15, 0.2) is 24.3 Å². The summed E-state index contributed by atoms with van der Waals surface area (Å²) in [5.41, 5.74) is 2.27. The SMILES string of the molecule is CC(=O)N1CCc2ccccc2C1CC(=O)N1CCCC1C(=O)NC1CC1. The van der Waals surface area contributed by atoms with E-state index in [1.165, 1.54) is 5.56 Å². The van der Waals surface area contributed by atoms with Crippen LogP contribution in [0.1, 0.15) is 56.2 Å². The highest BCUT2D eigenvalue weighted by atomic mass is 16.2. The van der Waals surface area contributed by atoms with Gasteiger partial charge >= 0.3 is 0 Å². The molecule has 1 N–H and O–H groups in total. The van der Waals surface area contributed by atoms with Gasteiger partial charge in [-0.25, -0.2) is 0 Å². The fourth-order valence-electron chi connectivity index (χ4n) is 4.39. The van der Waals surface area contributed by atoms with Gasteiger partial charge in [-0.3, -0.25) is 14.4 Å². The van der Waals surface area contributed by atoms with Crippen molar-refractivity contribution < 1.29 is 14.4 Å². The highest BCUT2D eigenvalue weighted by molar-refractivity contribution is 5.89. The van der Waals surface area contributed by atoms with Crippen LogP contribution in [0.5, 0.6) is 0 Å². The number of amides is 3. The van der Waals surface area contributed by atoms with E-state index >= 15 is 0 Å². The highest BCUT2D eigenvalue weighted by Crippen LogP contribution is 2.34. The third kappa shape index (κ3) is 3.70. The van der Waals surface area contributed by atoms with Crippen molar-refractivity contribution in [3.63, 3.8) is 0 Å². The van der Waals surface area contributed by atoms with Gasteiger partial charge in [-0.15, -0.1) is 0 Å². The van der Waals surface area contributed by atoms with Crippen LogP contribution in [0.25, 0.3) is 0 Å². The topological polar surface area (TPSA) is 69.7 Å². The van der Waals surface area contributed by atoms with Gasteiger partial charge in [0.05, 0.1) is 12.5 Å². The number of carbonyl (C=O) groups is 3. The molecule has 4 rings (SSSR count). The third-order valence-corrected chi connectivity index (χ3v) is 5.98. The predicted octanol–water partition coefficient (Wildman–Crippen LogP) is 1.79. The van der Waals surface area contributed by atoms with Gasteiger partial charge in [0.2, 0.25) is 17.7 Å². The van der Waals surface area contributed by atoms with Crippen LogP contribution in [-0.4, -0.2) is 52.7 Å². The average Bonchev–Trinajstić information content (AvgIpc) is 3.32. The minimum Gasteiger partial charge on any atom is -0.352 e. The number of benzene rings is 1. The Morgan fingerprint density at radius 3 is 2.59 bits per heavy atom. The molecular weight excluding hydrogens is 342 g/mol. The molecule has 2 fully saturated rings. The van der Waals surface area contributed by atoms with Gasteiger partial charge in [-0.2, -0.15) is 0 Å². The maximum atomic E-state index is 13.1. The third-order valence-electron chi connectivity index (χ3n) is 5.98. The van der Waals surface area contributed by atoms with Crippen molar-refractivity contribution in [1.82, 2.24) is 15.1 Å². The molecule has 1 aromatic carbocycles. The van der Waals surface area contributed by atoms with Gasteiger partial charge in [-0.05, 0) is 43.2 Å². The Morgan fingerprint density at radius 1 is 1.07 bits per heavy atom. The summed E-state index contributed by atoms with van der Waals surface area (Å²) >= 11 is 0. The quantitative estimate of drug-likeness (QED) is 0.880. The molecule has 3 amide bonds. The first-order valence-corrected chi connectivity index (χ1v) is 9.99. The van der Waals surface area contributed by atoms with E-state index in [1.807, 2.05) is 18.2 Å². The number of fused-ring (bicyclic) bond motifs is 1. The monoisotopic (exact) mass is 369 g/mol. The average molecular weight is 369 g/mol. The molecule has 1 saturated heterocycles. The molecule has 0 spiro atoms. The second-order valence-corrected chi connectivity index (χ2v) is 7.91. The number of carbonyl (C=O) groups excluding carboxylic acids is 3. The first-order valence-electron chi connectivity index (χ1n) is 9.99. The summed E-state index contributed by atoms with van der Waals surface area (Å²) < 4.78 is 0. The summed E-state index contributed by atoms with van der Waals surface area (Å²) in [4.78, 5) is 41.3. The van der Waals surface area contributed by atoms with Crippen LogP contribution in [-0.2, 0) is 20.8 Å². The molecule has 1 aliphatic carbocycles. The number of hydrogen-bond acceptors (Lipinski definition) is 3. The fraction of sp³-hybridized carbons (Fsp3) is 0.571. The van der Waals surface area contributed by atoms with Crippen molar-refractivity contribution in [2.24, 2.45) is 0 Å². The van der Waals surface area contributed by atoms with E-state index in [0.717, 1.165) is 37.7 Å². The molecule has 0 aromatic heterocycles. The van der Waals surface area contributed by atoms with Gasteiger partial charge in [-0.1, -0.05) is 24.3 Å². The summed E-state index contributed by atoms with van der Waals surface area (Å²) in [7, 11) is 0. The molecule has 27 heavy (non-hydrogen) atoms. The number of rotatable bonds is 4. The maximum Gasteiger partial charge on any atom is 0.243 e. The molecule has 1 saturated carbocycles. The fourth-order valence-corrected chi connectivity index (χ4v) is 4.39. The lowest BCUT2D eigenvalue weighted by Gasteiger charge is -2.37. The summed E-state index contributed by atoms with van der Waals surface area (Å²) in [6, 6.07) is 7.75. The molecule has 2 aliphatic heterocycles. The van der Waals surface area contributed by atoms with Crippen molar-refractivity contribution in [2.75, 3.05) is 13.1 Å². The molecule has 0 bridgehead atoms. The molecule has 2 heterocycles. The van der Waals surface area contributed by atoms with Gasteiger partial charge < -0.3 is 15.1 Å². The molecule has 6 nitrogen and oxygen atoms in total. The van der Waals surface area contributed by atoms with Crippen molar-refractivity contribution >= 4 is 17.7 Å². The normalized spacial score (nSPS) is 24.5. The summed E-state index contributed by atoms with van der Waals surface area (Å²) in [5.74, 6) is -0.0565. The van der Waals surface area contributed by atoms with Crippen LogP contribution in [0.2, 0.25) is 0 Å². The number of nitrogens with one attached hydrogen (secondary N) is 1. The second-order valence-electron chi connectivity index (χ2n) is 7.91. The zero-order valence-electron chi connectivity index (χ0n) is 15.8. The van der Waals surface area contributed by atoms with E-state index in [1.54, 1.807) is 16.7 Å². The molecule has 0 radical (unpaired) electrons. The Kier molecular flexibility index (Phi) is 4.89. The van der Waals surface area contributed by atoms with Crippen LogP contribution in [0.4, 0.5) is 0 Å². The van der Waals surface area contributed by atoms with Gasteiger partial charge in [0.15, 0.2) is 0 Å². The summed E-state index contributed by atoms with van der Waals surface area (Å²) in [5, 5.41) is 3.03. The number of nitrogens with zero attached hydrogens (tertiary/aromatic N) is 2. The lowest BCUT2D eigenvalue weighted by atomic mass is 9.90. The molecule has 144 valence electrons. The standard InChI is InChI=1S/C21H27N3O3/c1-14(25)23-12-10-15-5-2-3-6-17(15)19(23)13-20(26)24-11-4-7-18(24)21(27)22-16-8-9-16/h2-3,5-6,16,18-19H,4,7-13H2,1H3,(H,22,27). The number of likely N-dealkylation sites (tertiary alicyclic amines) is 1. The Labute approximate surface area is 159 Å². The Morgan fingerprint density at radius 2 is 1.85 bits per heavy atom. The zero-order valence-corrected chi connectivity index (χ0v) is 15.8. The van der Waals surface area contributed by atoms with E-state index in [0.29, 0.717) is 19.1 Å². The van der Waals surface area contributed by atoms with E-state index < -0.39 is 0 Å². The van der Waals surface area contributed by atoms with Crippen molar-refractivity contribution in [2.45, 2.75) is 63.6 Å². The molecule has 3 aliphatic rings. The molecule has 2 unspecified atom stereocenters. The van der Waals surface area contributed by atoms with Crippen molar-refractivity contribution in [3.05, 3.63) is 35.4 Å². The molecular formula is C21H27N3O3. The minimum atomic E-state index is -0.359. The van der Waals surface area contributed by atoms with E-state index in [4.69, 9.17) is 0 Å². The summed E-state index contributed by atoms with van der Waals surface area (Å²) in [6.07, 6.45) is 4.71. The van der Waals surface area contributed by atoms with Crippen molar-refractivity contribution in [3.8, 4) is 0 Å². The van der Waals surface area contributed by atoms with Crippen LogP contribution in [0.3, 0.4) is 0 Å². The van der Waals surface area contributed by atoms with Gasteiger partial charge in [0.1, 0.15) is 6.04 Å². The largest absolute Gasteiger partial charge is 0.352 e.